The number of hydrogen-bond donors (Lipinski definition) is 3. The fraction of sp³-hybridized carbons (Fsp3) is 0.435. The van der Waals surface area contributed by atoms with Crippen molar-refractivity contribution in [1.29, 1.82) is 0 Å². The molecular weight excluding hydrogens is 493 g/mol. The lowest BCUT2D eigenvalue weighted by Gasteiger charge is -2.23. The van der Waals surface area contributed by atoms with Crippen molar-refractivity contribution in [1.82, 2.24) is 19.5 Å². The van der Waals surface area contributed by atoms with Crippen LogP contribution in [0.25, 0.3) is 0 Å². The van der Waals surface area contributed by atoms with Gasteiger partial charge in [-0.05, 0) is 43.5 Å². The first-order valence-corrected chi connectivity index (χ1v) is 13.0. The maximum atomic E-state index is 13.6. The molecule has 5 rings (SSSR count). The smallest absolute Gasteiger partial charge is 0.311 e. The van der Waals surface area contributed by atoms with Crippen molar-refractivity contribution in [3.63, 3.8) is 0 Å². The molecule has 0 radical (unpaired) electrons. The van der Waals surface area contributed by atoms with E-state index < -0.39 is 45.5 Å². The second kappa shape index (κ2) is 8.89. The fourth-order valence-corrected chi connectivity index (χ4v) is 5.98. The first-order valence-electron chi connectivity index (χ1n) is 11.5. The van der Waals surface area contributed by atoms with Gasteiger partial charge in [-0.1, -0.05) is 0 Å². The first kappa shape index (κ1) is 24.3. The predicted octanol–water partition coefficient (Wildman–Crippen LogP) is 0.501. The molecule has 11 nitrogen and oxygen atoms in total. The van der Waals surface area contributed by atoms with Crippen molar-refractivity contribution in [2.75, 3.05) is 25.0 Å². The molecule has 1 aromatic carbocycles. The third kappa shape index (κ3) is 4.55. The van der Waals surface area contributed by atoms with Crippen molar-refractivity contribution in [2.24, 2.45) is 13.0 Å². The molecule has 2 aromatic rings. The number of rotatable bonds is 3. The summed E-state index contributed by atoms with van der Waals surface area (Å²) in [5.74, 6) is -2.99. The lowest BCUT2D eigenvalue weighted by Crippen LogP contribution is -2.45. The maximum absolute atomic E-state index is 13.6. The number of halogens is 1. The van der Waals surface area contributed by atoms with Crippen LogP contribution in [-0.2, 0) is 26.7 Å². The van der Waals surface area contributed by atoms with Gasteiger partial charge < -0.3 is 24.8 Å². The highest BCUT2D eigenvalue weighted by molar-refractivity contribution is 7.89. The van der Waals surface area contributed by atoms with E-state index in [4.69, 9.17) is 4.74 Å². The van der Waals surface area contributed by atoms with E-state index in [9.17, 15) is 27.2 Å². The topological polar surface area (TPSA) is 139 Å². The number of carbonyl (C=O) groups excluding carboxylic acids is 3. The second-order valence-electron chi connectivity index (χ2n) is 9.46. The number of benzene rings is 1. The van der Waals surface area contributed by atoms with E-state index in [-0.39, 0.29) is 42.1 Å². The molecule has 1 aromatic heterocycles. The Morgan fingerprint density at radius 3 is 2.64 bits per heavy atom. The van der Waals surface area contributed by atoms with Crippen LogP contribution >= 0.6 is 0 Å². The highest BCUT2D eigenvalue weighted by atomic mass is 32.2. The minimum Gasteiger partial charge on any atom is -0.489 e. The summed E-state index contributed by atoms with van der Waals surface area (Å²) in [6, 6.07) is 3.47. The summed E-state index contributed by atoms with van der Waals surface area (Å²) in [4.78, 5) is 39.0. The number of carbonyl (C=O) groups is 3. The Bertz CT molecular complexity index is 1370. The molecule has 13 heteroatoms. The number of hydrogen-bond acceptors (Lipinski definition) is 6. The van der Waals surface area contributed by atoms with Crippen molar-refractivity contribution >= 4 is 33.4 Å². The number of nitrogens with zero attached hydrogens (tertiary/aromatic N) is 2. The number of fused-ring (bicyclic) bond motifs is 2. The Morgan fingerprint density at radius 2 is 1.94 bits per heavy atom. The highest BCUT2D eigenvalue weighted by Gasteiger charge is 2.43. The molecule has 3 N–H and O–H groups in total. The van der Waals surface area contributed by atoms with Gasteiger partial charge in [0.1, 0.15) is 10.7 Å². The van der Waals surface area contributed by atoms with Crippen LogP contribution in [0, 0.1) is 18.7 Å². The molecule has 3 heterocycles. The van der Waals surface area contributed by atoms with Gasteiger partial charge in [0.05, 0.1) is 6.61 Å². The Balaban J connectivity index is 1.37. The minimum atomic E-state index is -4.12. The number of sulfonamides is 1. The van der Waals surface area contributed by atoms with E-state index in [2.05, 4.69) is 15.4 Å². The van der Waals surface area contributed by atoms with Crippen LogP contribution < -0.4 is 20.1 Å². The summed E-state index contributed by atoms with van der Waals surface area (Å²) < 4.78 is 49.9. The average molecular weight is 520 g/mol. The van der Waals surface area contributed by atoms with E-state index in [1.807, 2.05) is 0 Å². The Labute approximate surface area is 207 Å². The first-order chi connectivity index (χ1) is 17.0. The summed E-state index contributed by atoms with van der Waals surface area (Å²) in [7, 11) is -2.60. The van der Waals surface area contributed by atoms with E-state index in [0.717, 1.165) is 12.8 Å². The molecule has 0 bridgehead atoms. The third-order valence-electron chi connectivity index (χ3n) is 6.61. The SMILES string of the molecule is Cc1cc(NC(=O)c2c3c(cn2C)S(=O)(=O)N[C@H]2CN(C(=O)C(=O)NC4CC4)C[C@@H]2CO3)ccc1F. The number of ether oxygens (including phenoxy) is 1. The molecule has 2 fully saturated rings. The lowest BCUT2D eigenvalue weighted by molar-refractivity contribution is -0.145. The largest absolute Gasteiger partial charge is 0.489 e. The molecule has 1 saturated heterocycles. The Morgan fingerprint density at radius 1 is 1.19 bits per heavy atom. The number of aromatic nitrogens is 1. The van der Waals surface area contributed by atoms with Crippen molar-refractivity contribution in [3.05, 3.63) is 41.5 Å². The van der Waals surface area contributed by atoms with Crippen LogP contribution in [0.2, 0.25) is 0 Å². The maximum Gasteiger partial charge on any atom is 0.311 e. The van der Waals surface area contributed by atoms with Crippen LogP contribution in [0.1, 0.15) is 28.9 Å². The quantitative estimate of drug-likeness (QED) is 0.505. The number of aryl methyl sites for hydroxylation is 2. The fourth-order valence-electron chi connectivity index (χ4n) is 4.49. The third-order valence-corrected chi connectivity index (χ3v) is 8.09. The van der Waals surface area contributed by atoms with Gasteiger partial charge in [0.25, 0.3) is 5.91 Å². The molecule has 1 aliphatic carbocycles. The number of anilines is 1. The monoisotopic (exact) mass is 519 g/mol. The number of amides is 3. The highest BCUT2D eigenvalue weighted by Crippen LogP contribution is 2.35. The summed E-state index contributed by atoms with van der Waals surface area (Å²) in [6.07, 6.45) is 2.96. The van der Waals surface area contributed by atoms with Crippen LogP contribution in [0.3, 0.4) is 0 Å². The average Bonchev–Trinajstić information content (AvgIpc) is 3.44. The Hall–Kier alpha value is -3.45. The van der Waals surface area contributed by atoms with E-state index in [1.165, 1.54) is 40.9 Å². The van der Waals surface area contributed by atoms with Crippen molar-refractivity contribution < 1.29 is 31.9 Å². The van der Waals surface area contributed by atoms with Gasteiger partial charge in [0, 0.05) is 50.0 Å². The van der Waals surface area contributed by atoms with Crippen molar-refractivity contribution in [3.8, 4) is 5.75 Å². The zero-order chi connectivity index (χ0) is 25.8. The zero-order valence-corrected chi connectivity index (χ0v) is 20.5. The molecule has 0 spiro atoms. The lowest BCUT2D eigenvalue weighted by atomic mass is 10.1. The van der Waals surface area contributed by atoms with E-state index >= 15 is 0 Å². The molecular formula is C23H26FN5O6S. The standard InChI is InChI=1S/C23H26FN5O6S/c1-12-7-15(5-6-16(12)24)26-21(30)19-20-18(10-28(19)2)36(33,34)27-17-9-29(8-13(17)11-35-20)23(32)22(31)25-14-3-4-14/h5-7,10,13-14,17,27H,3-4,8-9,11H2,1-2H3,(H,25,31)(H,26,30)/t13-,17+/m1/s1. The molecule has 3 aliphatic rings. The van der Waals surface area contributed by atoms with Gasteiger partial charge in [0.15, 0.2) is 11.4 Å². The van der Waals surface area contributed by atoms with Gasteiger partial charge in [-0.3, -0.25) is 14.4 Å². The summed E-state index contributed by atoms with van der Waals surface area (Å²) >= 11 is 0. The van der Waals surface area contributed by atoms with Gasteiger partial charge >= 0.3 is 11.8 Å². The molecule has 1 saturated carbocycles. The molecule has 2 atom stereocenters. The van der Waals surface area contributed by atoms with Crippen LogP contribution in [0.5, 0.6) is 5.75 Å². The summed E-state index contributed by atoms with van der Waals surface area (Å²) in [6.45, 7) is 1.74. The Kier molecular flexibility index (Phi) is 5.99. The van der Waals surface area contributed by atoms with Gasteiger partial charge in [-0.25, -0.2) is 17.5 Å². The minimum absolute atomic E-state index is 0.0220. The molecule has 3 amide bonds. The van der Waals surface area contributed by atoms with Crippen LogP contribution in [-0.4, -0.2) is 67.4 Å². The molecule has 36 heavy (non-hydrogen) atoms. The number of nitrogens with one attached hydrogen (secondary N) is 3. The van der Waals surface area contributed by atoms with Crippen LogP contribution in [0.15, 0.2) is 29.3 Å². The van der Waals surface area contributed by atoms with Gasteiger partial charge in [0.2, 0.25) is 10.0 Å². The normalized spacial score (nSPS) is 22.5. The van der Waals surface area contributed by atoms with E-state index in [0.29, 0.717) is 11.3 Å². The second-order valence-corrected chi connectivity index (χ2v) is 11.1. The summed E-state index contributed by atoms with van der Waals surface area (Å²) in [5, 5.41) is 5.30. The molecule has 0 unspecified atom stereocenters. The molecule has 2 aliphatic heterocycles. The predicted molar refractivity (Wildman–Crippen MR) is 125 cm³/mol. The summed E-state index contributed by atoms with van der Waals surface area (Å²) in [5.41, 5.74) is 0.663. The van der Waals surface area contributed by atoms with E-state index in [1.54, 1.807) is 6.92 Å². The van der Waals surface area contributed by atoms with Crippen molar-refractivity contribution in [2.45, 2.75) is 36.7 Å². The van der Waals surface area contributed by atoms with Gasteiger partial charge in [-0.15, -0.1) is 0 Å². The van der Waals surface area contributed by atoms with Gasteiger partial charge in [-0.2, -0.15) is 0 Å². The van der Waals surface area contributed by atoms with Crippen LogP contribution in [0.4, 0.5) is 10.1 Å². The zero-order valence-electron chi connectivity index (χ0n) is 19.7. The molecule has 192 valence electrons. The number of likely N-dealkylation sites (tertiary alicyclic amines) is 1.